The molecule has 4 nitrogen and oxygen atoms in total. The SMILES string of the molecule is c1ccc(-c2nc(-c3ccccc3-n3c4ccccc4c4cc5ccccc5cc43)nc(-c3cc4ccc5ccccc5c4c4ccccc34)n2)cc1. The molecule has 246 valence electrons. The summed E-state index contributed by atoms with van der Waals surface area (Å²) in [7, 11) is 0. The van der Waals surface area contributed by atoms with Gasteiger partial charge >= 0.3 is 0 Å². The zero-order valence-electron chi connectivity index (χ0n) is 28.6. The van der Waals surface area contributed by atoms with Gasteiger partial charge in [-0.2, -0.15) is 0 Å². The van der Waals surface area contributed by atoms with E-state index in [1.807, 2.05) is 18.2 Å². The fraction of sp³-hybridized carbons (Fsp3) is 0. The lowest BCUT2D eigenvalue weighted by Gasteiger charge is -2.16. The molecule has 0 radical (unpaired) electrons. The van der Waals surface area contributed by atoms with E-state index >= 15 is 0 Å². The highest BCUT2D eigenvalue weighted by Crippen LogP contribution is 2.40. The van der Waals surface area contributed by atoms with Crippen molar-refractivity contribution in [2.75, 3.05) is 0 Å². The summed E-state index contributed by atoms with van der Waals surface area (Å²) in [6, 6.07) is 64.5. The Labute approximate surface area is 305 Å². The Bertz CT molecular complexity index is 3230. The van der Waals surface area contributed by atoms with Crippen molar-refractivity contribution < 1.29 is 0 Å². The topological polar surface area (TPSA) is 43.6 Å². The summed E-state index contributed by atoms with van der Waals surface area (Å²) in [6.45, 7) is 0. The number of rotatable bonds is 4. The number of hydrogen-bond donors (Lipinski definition) is 0. The molecule has 11 aromatic rings. The number of nitrogens with zero attached hydrogens (tertiary/aromatic N) is 4. The number of benzene rings is 9. The number of para-hydroxylation sites is 2. The van der Waals surface area contributed by atoms with E-state index in [1.54, 1.807) is 0 Å². The van der Waals surface area contributed by atoms with E-state index in [4.69, 9.17) is 15.0 Å². The average molecular weight is 675 g/mol. The lowest BCUT2D eigenvalue weighted by Crippen LogP contribution is -2.04. The summed E-state index contributed by atoms with van der Waals surface area (Å²) in [5.41, 5.74) is 6.14. The molecule has 2 heterocycles. The summed E-state index contributed by atoms with van der Waals surface area (Å²) >= 11 is 0. The first-order valence-electron chi connectivity index (χ1n) is 18.0. The molecule has 0 aliphatic rings. The van der Waals surface area contributed by atoms with Crippen LogP contribution in [0.4, 0.5) is 0 Å². The molecule has 0 unspecified atom stereocenters. The number of fused-ring (bicyclic) bond motifs is 9. The fourth-order valence-electron chi connectivity index (χ4n) is 8.17. The smallest absolute Gasteiger partial charge is 0.166 e. The quantitative estimate of drug-likeness (QED) is 0.175. The first-order valence-corrected chi connectivity index (χ1v) is 18.0. The van der Waals surface area contributed by atoms with E-state index in [0.717, 1.165) is 44.2 Å². The molecule has 53 heavy (non-hydrogen) atoms. The molecule has 11 rings (SSSR count). The van der Waals surface area contributed by atoms with Gasteiger partial charge in [-0.1, -0.05) is 146 Å². The van der Waals surface area contributed by atoms with Crippen LogP contribution in [-0.4, -0.2) is 19.5 Å². The van der Waals surface area contributed by atoms with Crippen LogP contribution in [0, 0.1) is 0 Å². The zero-order valence-corrected chi connectivity index (χ0v) is 28.6. The molecule has 0 saturated heterocycles. The van der Waals surface area contributed by atoms with Crippen molar-refractivity contribution >= 4 is 64.9 Å². The molecule has 2 aromatic heterocycles. The van der Waals surface area contributed by atoms with Gasteiger partial charge in [0.25, 0.3) is 0 Å². The molecule has 9 aromatic carbocycles. The third-order valence-electron chi connectivity index (χ3n) is 10.6. The second-order valence-electron chi connectivity index (χ2n) is 13.6. The van der Waals surface area contributed by atoms with Crippen molar-refractivity contribution in [1.29, 1.82) is 0 Å². The van der Waals surface area contributed by atoms with Crippen LogP contribution in [0.1, 0.15) is 0 Å². The largest absolute Gasteiger partial charge is 0.308 e. The van der Waals surface area contributed by atoms with Crippen molar-refractivity contribution in [3.63, 3.8) is 0 Å². The monoisotopic (exact) mass is 674 g/mol. The Morgan fingerprint density at radius 1 is 0.321 bits per heavy atom. The maximum Gasteiger partial charge on any atom is 0.166 e. The molecular weight excluding hydrogens is 645 g/mol. The van der Waals surface area contributed by atoms with E-state index in [9.17, 15) is 0 Å². The van der Waals surface area contributed by atoms with Crippen LogP contribution in [0.3, 0.4) is 0 Å². The lowest BCUT2D eigenvalue weighted by molar-refractivity contribution is 1.07. The second-order valence-corrected chi connectivity index (χ2v) is 13.6. The van der Waals surface area contributed by atoms with Crippen molar-refractivity contribution in [3.05, 3.63) is 182 Å². The molecule has 0 aliphatic carbocycles. The van der Waals surface area contributed by atoms with Gasteiger partial charge in [-0.3, -0.25) is 0 Å². The number of hydrogen-bond acceptors (Lipinski definition) is 3. The van der Waals surface area contributed by atoms with E-state index < -0.39 is 0 Å². The van der Waals surface area contributed by atoms with Gasteiger partial charge in [0.15, 0.2) is 17.5 Å². The number of aromatic nitrogens is 4. The van der Waals surface area contributed by atoms with Crippen molar-refractivity contribution in [1.82, 2.24) is 19.5 Å². The van der Waals surface area contributed by atoms with Gasteiger partial charge in [-0.15, -0.1) is 0 Å². The van der Waals surface area contributed by atoms with E-state index in [1.165, 1.54) is 43.1 Å². The minimum atomic E-state index is 0.624. The van der Waals surface area contributed by atoms with Crippen LogP contribution >= 0.6 is 0 Å². The highest BCUT2D eigenvalue weighted by atomic mass is 15.1. The van der Waals surface area contributed by atoms with Crippen molar-refractivity contribution in [2.45, 2.75) is 0 Å². The van der Waals surface area contributed by atoms with Crippen LogP contribution < -0.4 is 0 Å². The summed E-state index contributed by atoms with van der Waals surface area (Å²) in [6.07, 6.45) is 0. The second kappa shape index (κ2) is 11.7. The maximum absolute atomic E-state index is 5.36. The van der Waals surface area contributed by atoms with Gasteiger partial charge < -0.3 is 4.57 Å². The molecule has 0 saturated carbocycles. The lowest BCUT2D eigenvalue weighted by atomic mass is 9.93. The molecule has 0 N–H and O–H groups in total. The Kier molecular flexibility index (Phi) is 6.52. The van der Waals surface area contributed by atoms with Gasteiger partial charge in [0.1, 0.15) is 0 Å². The third kappa shape index (κ3) is 4.66. The summed E-state index contributed by atoms with van der Waals surface area (Å²) in [4.78, 5) is 15.8. The van der Waals surface area contributed by atoms with Gasteiger partial charge in [-0.25, -0.2) is 15.0 Å². The predicted molar refractivity (Wildman–Crippen MR) is 220 cm³/mol. The highest BCUT2D eigenvalue weighted by molar-refractivity contribution is 6.23. The molecule has 4 heteroatoms. The standard InChI is InChI=1S/C49H30N4/c1-2-15-32(16-3-1)47-50-48(52-49(51-47)42-29-35-27-26-31-14-6-7-19-36(31)46(35)39-22-9-8-20-37(39)42)40-23-11-13-25-44(40)53-43-24-12-10-21-38(43)41-28-33-17-4-5-18-34(33)30-45(41)53/h1-30H. The van der Waals surface area contributed by atoms with Gasteiger partial charge in [0.05, 0.1) is 16.7 Å². The van der Waals surface area contributed by atoms with Crippen molar-refractivity contribution in [3.8, 4) is 39.9 Å². The highest BCUT2D eigenvalue weighted by Gasteiger charge is 2.21. The van der Waals surface area contributed by atoms with Gasteiger partial charge in [-0.05, 0) is 79.5 Å². The Morgan fingerprint density at radius 2 is 0.906 bits per heavy atom. The predicted octanol–water partition coefficient (Wildman–Crippen LogP) is 12.6. The molecular formula is C49H30N4. The zero-order chi connectivity index (χ0) is 34.9. The van der Waals surface area contributed by atoms with Crippen molar-refractivity contribution in [2.24, 2.45) is 0 Å². The third-order valence-corrected chi connectivity index (χ3v) is 10.6. The minimum absolute atomic E-state index is 0.624. The first kappa shape index (κ1) is 29.5. The maximum atomic E-state index is 5.36. The summed E-state index contributed by atoms with van der Waals surface area (Å²) < 4.78 is 2.37. The summed E-state index contributed by atoms with van der Waals surface area (Å²) in [5.74, 6) is 1.90. The van der Waals surface area contributed by atoms with Crippen LogP contribution in [0.5, 0.6) is 0 Å². The van der Waals surface area contributed by atoms with Crippen LogP contribution in [0.15, 0.2) is 182 Å². The van der Waals surface area contributed by atoms with E-state index in [-0.39, 0.29) is 0 Å². The fourth-order valence-corrected chi connectivity index (χ4v) is 8.17. The van der Waals surface area contributed by atoms with Crippen LogP contribution in [-0.2, 0) is 0 Å². The first-order chi connectivity index (χ1) is 26.3. The average Bonchev–Trinajstić information content (AvgIpc) is 3.55. The minimum Gasteiger partial charge on any atom is -0.308 e. The summed E-state index contributed by atoms with van der Waals surface area (Å²) in [5, 5.41) is 12.0. The normalized spacial score (nSPS) is 11.8. The van der Waals surface area contributed by atoms with E-state index in [0.29, 0.717) is 17.5 Å². The Hall–Kier alpha value is -7.17. The van der Waals surface area contributed by atoms with Crippen LogP contribution in [0.2, 0.25) is 0 Å². The molecule has 0 amide bonds. The Balaban J connectivity index is 1.21. The molecule has 0 bridgehead atoms. The molecule has 0 atom stereocenters. The molecule has 0 spiro atoms. The Morgan fingerprint density at radius 3 is 1.74 bits per heavy atom. The van der Waals surface area contributed by atoms with E-state index in [2.05, 4.69) is 168 Å². The molecule has 0 aliphatic heterocycles. The van der Waals surface area contributed by atoms with Crippen LogP contribution in [0.25, 0.3) is 105 Å². The molecule has 0 fully saturated rings. The van der Waals surface area contributed by atoms with Gasteiger partial charge in [0.2, 0.25) is 0 Å². The van der Waals surface area contributed by atoms with Gasteiger partial charge in [0, 0.05) is 27.5 Å².